The Morgan fingerprint density at radius 3 is 2.36 bits per heavy atom. The molecule has 3 amide bonds. The molecule has 2 atom stereocenters. The van der Waals surface area contributed by atoms with E-state index < -0.39 is 6.04 Å². The van der Waals surface area contributed by atoms with Gasteiger partial charge in [0, 0.05) is 31.2 Å². The molecule has 0 spiro atoms. The van der Waals surface area contributed by atoms with E-state index in [9.17, 15) is 14.4 Å². The molecule has 1 N–H and O–H groups in total. The van der Waals surface area contributed by atoms with E-state index in [2.05, 4.69) is 12.2 Å². The highest BCUT2D eigenvalue weighted by molar-refractivity contribution is 7.12. The van der Waals surface area contributed by atoms with Gasteiger partial charge >= 0.3 is 0 Å². The minimum atomic E-state index is -0.559. The molecule has 2 aliphatic rings. The van der Waals surface area contributed by atoms with E-state index in [0.29, 0.717) is 36.4 Å². The van der Waals surface area contributed by atoms with Crippen LogP contribution in [0.3, 0.4) is 0 Å². The highest BCUT2D eigenvalue weighted by Gasteiger charge is 2.38. The molecule has 1 aromatic carbocycles. The van der Waals surface area contributed by atoms with E-state index in [1.165, 1.54) is 11.3 Å². The maximum atomic E-state index is 13.6. The molecule has 176 valence electrons. The minimum Gasteiger partial charge on any atom is -0.339 e. The summed E-state index contributed by atoms with van der Waals surface area (Å²) in [7, 11) is 0. The molecule has 2 aliphatic heterocycles. The van der Waals surface area contributed by atoms with Gasteiger partial charge in [0.25, 0.3) is 11.8 Å². The number of piperidine rings is 2. The summed E-state index contributed by atoms with van der Waals surface area (Å²) in [5, 5.41) is 4.93. The molecule has 0 aliphatic carbocycles. The lowest BCUT2D eigenvalue weighted by Crippen LogP contribution is -2.57. The van der Waals surface area contributed by atoms with Crippen molar-refractivity contribution in [3.05, 3.63) is 57.8 Å². The zero-order chi connectivity index (χ0) is 23.4. The Morgan fingerprint density at radius 1 is 1.00 bits per heavy atom. The number of rotatable bonds is 5. The Balaban J connectivity index is 1.46. The first-order valence-corrected chi connectivity index (χ1v) is 12.8. The van der Waals surface area contributed by atoms with Gasteiger partial charge < -0.3 is 15.1 Å². The molecule has 1 aromatic heterocycles. The van der Waals surface area contributed by atoms with E-state index in [1.807, 2.05) is 52.4 Å². The molecular weight excluding hydrogens is 434 g/mol. The van der Waals surface area contributed by atoms with Crippen LogP contribution in [0.1, 0.15) is 64.6 Å². The molecule has 0 saturated carbocycles. The van der Waals surface area contributed by atoms with Crippen LogP contribution < -0.4 is 5.32 Å². The highest BCUT2D eigenvalue weighted by atomic mass is 32.1. The fraction of sp³-hybridized carbons (Fsp3) is 0.500. The van der Waals surface area contributed by atoms with Gasteiger partial charge in [-0.05, 0) is 75.4 Å². The quantitative estimate of drug-likeness (QED) is 0.720. The van der Waals surface area contributed by atoms with Crippen LogP contribution in [-0.2, 0) is 4.79 Å². The Morgan fingerprint density at radius 2 is 1.73 bits per heavy atom. The number of thiophene rings is 1. The van der Waals surface area contributed by atoms with Crippen LogP contribution in [-0.4, -0.2) is 59.2 Å². The molecule has 6 nitrogen and oxygen atoms in total. The number of nitrogens with one attached hydrogen (secondary N) is 1. The lowest BCUT2D eigenvalue weighted by atomic mass is 9.87. The lowest BCUT2D eigenvalue weighted by Gasteiger charge is -2.40. The first-order valence-electron chi connectivity index (χ1n) is 11.9. The topological polar surface area (TPSA) is 69.7 Å². The fourth-order valence-corrected chi connectivity index (χ4v) is 5.55. The first kappa shape index (κ1) is 23.5. The Bertz CT molecular complexity index is 965. The van der Waals surface area contributed by atoms with Crippen molar-refractivity contribution in [2.45, 2.75) is 58.0 Å². The fourth-order valence-electron chi connectivity index (χ4n) is 4.92. The smallest absolute Gasteiger partial charge is 0.262 e. The number of benzene rings is 1. The van der Waals surface area contributed by atoms with Gasteiger partial charge in [-0.2, -0.15) is 0 Å². The predicted octanol–water partition coefficient (Wildman–Crippen LogP) is 4.11. The van der Waals surface area contributed by atoms with Gasteiger partial charge in [0.15, 0.2) is 0 Å². The zero-order valence-electron chi connectivity index (χ0n) is 19.5. The summed E-state index contributed by atoms with van der Waals surface area (Å²) in [5.74, 6) is -0.122. The zero-order valence-corrected chi connectivity index (χ0v) is 20.3. The third kappa shape index (κ3) is 5.46. The van der Waals surface area contributed by atoms with Crippen LogP contribution in [0.15, 0.2) is 41.8 Å². The van der Waals surface area contributed by atoms with E-state index in [1.54, 1.807) is 6.07 Å². The van der Waals surface area contributed by atoms with Crippen LogP contribution in [0.2, 0.25) is 0 Å². The van der Waals surface area contributed by atoms with Crippen molar-refractivity contribution in [2.24, 2.45) is 5.92 Å². The maximum Gasteiger partial charge on any atom is 0.262 e. The average Bonchev–Trinajstić information content (AvgIpc) is 3.38. The maximum absolute atomic E-state index is 13.6. The van der Waals surface area contributed by atoms with Gasteiger partial charge in [-0.15, -0.1) is 11.3 Å². The van der Waals surface area contributed by atoms with Crippen molar-refractivity contribution in [1.29, 1.82) is 0 Å². The van der Waals surface area contributed by atoms with Crippen molar-refractivity contribution in [2.75, 3.05) is 19.6 Å². The molecule has 2 aromatic rings. The molecule has 2 fully saturated rings. The van der Waals surface area contributed by atoms with Crippen molar-refractivity contribution in [3.63, 3.8) is 0 Å². The molecule has 0 bridgehead atoms. The van der Waals surface area contributed by atoms with Gasteiger partial charge in [0.05, 0.1) is 4.88 Å². The van der Waals surface area contributed by atoms with Crippen LogP contribution in [0, 0.1) is 12.8 Å². The summed E-state index contributed by atoms with van der Waals surface area (Å²) in [6.07, 6.45) is 4.53. The highest BCUT2D eigenvalue weighted by Crippen LogP contribution is 2.26. The number of amides is 3. The standard InChI is InChI=1S/C26H33N3O3S/c1-18-8-10-21(11-9-18)25(31)28-15-12-20(13-16-28)23(27-24(30)22-7-5-17-33-22)26(32)29-14-4-3-6-19(29)2/h5,7-11,17,19-20,23H,3-4,6,12-16H2,1-2H3,(H,27,30)/t19-,23-/m0/s1. The third-order valence-corrected chi connectivity index (χ3v) is 7.85. The Kier molecular flexibility index (Phi) is 7.48. The van der Waals surface area contributed by atoms with Crippen LogP contribution in [0.4, 0.5) is 0 Å². The van der Waals surface area contributed by atoms with Crippen molar-refractivity contribution >= 4 is 29.1 Å². The predicted molar refractivity (Wildman–Crippen MR) is 130 cm³/mol. The number of likely N-dealkylation sites (tertiary alicyclic amines) is 2. The lowest BCUT2D eigenvalue weighted by molar-refractivity contribution is -0.138. The summed E-state index contributed by atoms with van der Waals surface area (Å²) < 4.78 is 0. The van der Waals surface area contributed by atoms with Gasteiger partial charge in [-0.1, -0.05) is 23.8 Å². The van der Waals surface area contributed by atoms with E-state index >= 15 is 0 Å². The van der Waals surface area contributed by atoms with E-state index in [-0.39, 0.29) is 29.7 Å². The van der Waals surface area contributed by atoms with Gasteiger partial charge in [-0.3, -0.25) is 14.4 Å². The Hall–Kier alpha value is -2.67. The summed E-state index contributed by atoms with van der Waals surface area (Å²) in [6.45, 7) is 6.02. The average molecular weight is 468 g/mol. The number of nitrogens with zero attached hydrogens (tertiary/aromatic N) is 2. The molecule has 3 heterocycles. The molecule has 2 saturated heterocycles. The van der Waals surface area contributed by atoms with Crippen molar-refractivity contribution < 1.29 is 14.4 Å². The monoisotopic (exact) mass is 467 g/mol. The van der Waals surface area contributed by atoms with Crippen LogP contribution >= 0.6 is 11.3 Å². The second-order valence-electron chi connectivity index (χ2n) is 9.30. The van der Waals surface area contributed by atoms with E-state index in [4.69, 9.17) is 0 Å². The van der Waals surface area contributed by atoms with Gasteiger partial charge in [-0.25, -0.2) is 0 Å². The summed E-state index contributed by atoms with van der Waals surface area (Å²) >= 11 is 1.38. The molecule has 4 rings (SSSR count). The normalized spacial score (nSPS) is 20.4. The van der Waals surface area contributed by atoms with Crippen molar-refractivity contribution in [3.8, 4) is 0 Å². The summed E-state index contributed by atoms with van der Waals surface area (Å²) in [5.41, 5.74) is 1.82. The van der Waals surface area contributed by atoms with Gasteiger partial charge in [0.1, 0.15) is 6.04 Å². The van der Waals surface area contributed by atoms with Crippen LogP contribution in [0.25, 0.3) is 0 Å². The molecule has 0 radical (unpaired) electrons. The number of aryl methyl sites for hydroxylation is 1. The summed E-state index contributed by atoms with van der Waals surface area (Å²) in [4.78, 5) is 43.9. The molecule has 0 unspecified atom stereocenters. The second-order valence-corrected chi connectivity index (χ2v) is 10.2. The number of carbonyl (C=O) groups is 3. The molecular formula is C26H33N3O3S. The SMILES string of the molecule is Cc1ccc(C(=O)N2CCC([C@H](NC(=O)c3cccs3)C(=O)N3CCCC[C@@H]3C)CC2)cc1. The number of hydrogen-bond acceptors (Lipinski definition) is 4. The first-order chi connectivity index (χ1) is 15.9. The van der Waals surface area contributed by atoms with E-state index in [0.717, 1.165) is 31.4 Å². The van der Waals surface area contributed by atoms with Crippen LogP contribution in [0.5, 0.6) is 0 Å². The largest absolute Gasteiger partial charge is 0.339 e. The Labute approximate surface area is 200 Å². The second kappa shape index (κ2) is 10.5. The van der Waals surface area contributed by atoms with Crippen molar-refractivity contribution in [1.82, 2.24) is 15.1 Å². The summed E-state index contributed by atoms with van der Waals surface area (Å²) in [6, 6.07) is 10.9. The number of carbonyl (C=O) groups excluding carboxylic acids is 3. The third-order valence-electron chi connectivity index (χ3n) is 6.98. The minimum absolute atomic E-state index is 0.0117. The number of hydrogen-bond donors (Lipinski definition) is 1. The van der Waals surface area contributed by atoms with Gasteiger partial charge in [0.2, 0.25) is 5.91 Å². The molecule has 7 heteroatoms. The molecule has 33 heavy (non-hydrogen) atoms.